The van der Waals surface area contributed by atoms with Crippen LogP contribution in [0.5, 0.6) is 0 Å². The van der Waals surface area contributed by atoms with Crippen LogP contribution in [0, 0.1) is 0 Å². The summed E-state index contributed by atoms with van der Waals surface area (Å²) in [5.74, 6) is -2.00. The van der Waals surface area contributed by atoms with Crippen molar-refractivity contribution in [1.29, 1.82) is 0 Å². The predicted molar refractivity (Wildman–Crippen MR) is 73.1 cm³/mol. The van der Waals surface area contributed by atoms with E-state index in [-0.39, 0.29) is 13.1 Å². The number of nitrogens with two attached hydrogens (primary N) is 3. The third kappa shape index (κ3) is 5.07. The molecule has 6 N–H and O–H groups in total. The topological polar surface area (TPSA) is 133 Å². The van der Waals surface area contributed by atoms with Crippen molar-refractivity contribution in [3.8, 4) is 0 Å². The molecule has 1 atom stereocenters. The molecule has 108 valence electrons. The number of nitrogens with zero attached hydrogens (tertiary/aromatic N) is 1. The zero-order valence-corrected chi connectivity index (χ0v) is 11.0. The van der Waals surface area contributed by atoms with E-state index in [4.69, 9.17) is 17.2 Å². The van der Waals surface area contributed by atoms with Gasteiger partial charge in [-0.05, 0) is 12.0 Å². The monoisotopic (exact) mass is 278 g/mol. The fourth-order valence-electron chi connectivity index (χ4n) is 1.78. The summed E-state index contributed by atoms with van der Waals surface area (Å²) in [6, 6.07) is 8.31. The van der Waals surface area contributed by atoms with E-state index in [0.717, 1.165) is 10.5 Å². The largest absolute Gasteiger partial charge is 0.368 e. The molecule has 0 aliphatic rings. The number of hydrogen-bond acceptors (Lipinski definition) is 4. The van der Waals surface area contributed by atoms with Crippen LogP contribution in [0.1, 0.15) is 5.56 Å². The average molecular weight is 278 g/mol. The van der Waals surface area contributed by atoms with Crippen LogP contribution in [-0.4, -0.2) is 41.8 Å². The molecule has 7 heteroatoms. The van der Waals surface area contributed by atoms with Crippen molar-refractivity contribution >= 4 is 17.7 Å². The molecule has 3 amide bonds. The van der Waals surface area contributed by atoms with E-state index in [1.807, 2.05) is 30.3 Å². The molecule has 1 aromatic carbocycles. The van der Waals surface area contributed by atoms with Gasteiger partial charge in [-0.3, -0.25) is 14.4 Å². The highest BCUT2D eigenvalue weighted by molar-refractivity contribution is 5.90. The Bertz CT molecular complexity index is 474. The van der Waals surface area contributed by atoms with E-state index in [0.29, 0.717) is 6.42 Å². The van der Waals surface area contributed by atoms with E-state index in [1.165, 1.54) is 0 Å². The second-order valence-electron chi connectivity index (χ2n) is 4.42. The zero-order valence-electron chi connectivity index (χ0n) is 11.0. The Balaban J connectivity index is 2.72. The van der Waals surface area contributed by atoms with Crippen LogP contribution in [-0.2, 0) is 20.8 Å². The van der Waals surface area contributed by atoms with E-state index in [1.54, 1.807) is 0 Å². The SMILES string of the molecule is NC(=O)CN(CC(N)=O)C(=O)C(N)Cc1ccccc1. The summed E-state index contributed by atoms with van der Waals surface area (Å²) < 4.78 is 0. The Hall–Kier alpha value is -2.41. The van der Waals surface area contributed by atoms with Gasteiger partial charge >= 0.3 is 0 Å². The van der Waals surface area contributed by atoms with Crippen LogP contribution in [0.25, 0.3) is 0 Å². The summed E-state index contributed by atoms with van der Waals surface area (Å²) >= 11 is 0. The molecule has 0 radical (unpaired) electrons. The van der Waals surface area contributed by atoms with Crippen LogP contribution >= 0.6 is 0 Å². The van der Waals surface area contributed by atoms with Gasteiger partial charge < -0.3 is 22.1 Å². The van der Waals surface area contributed by atoms with Gasteiger partial charge in [-0.25, -0.2) is 0 Å². The van der Waals surface area contributed by atoms with Crippen LogP contribution in [0.3, 0.4) is 0 Å². The number of carbonyl (C=O) groups excluding carboxylic acids is 3. The Morgan fingerprint density at radius 1 is 1.00 bits per heavy atom. The van der Waals surface area contributed by atoms with Crippen LogP contribution in [0.2, 0.25) is 0 Å². The van der Waals surface area contributed by atoms with Gasteiger partial charge in [0.1, 0.15) is 0 Å². The van der Waals surface area contributed by atoms with Gasteiger partial charge in [0.2, 0.25) is 17.7 Å². The van der Waals surface area contributed by atoms with Gasteiger partial charge in [0, 0.05) is 0 Å². The van der Waals surface area contributed by atoms with Gasteiger partial charge in [-0.15, -0.1) is 0 Å². The number of carbonyl (C=O) groups is 3. The number of rotatable bonds is 7. The first-order valence-corrected chi connectivity index (χ1v) is 6.05. The van der Waals surface area contributed by atoms with Gasteiger partial charge in [-0.1, -0.05) is 30.3 Å². The van der Waals surface area contributed by atoms with Crippen molar-refractivity contribution in [3.63, 3.8) is 0 Å². The molecular formula is C13H18N4O3. The van der Waals surface area contributed by atoms with Crippen molar-refractivity contribution < 1.29 is 14.4 Å². The fourth-order valence-corrected chi connectivity index (χ4v) is 1.78. The summed E-state index contributed by atoms with van der Waals surface area (Å²) in [5, 5.41) is 0. The minimum Gasteiger partial charge on any atom is -0.368 e. The Kier molecular flexibility index (Phi) is 5.67. The average Bonchev–Trinajstić information content (AvgIpc) is 2.37. The summed E-state index contributed by atoms with van der Waals surface area (Å²) in [4.78, 5) is 34.9. The van der Waals surface area contributed by atoms with Crippen LogP contribution in [0.4, 0.5) is 0 Å². The summed E-state index contributed by atoms with van der Waals surface area (Å²) in [5.41, 5.74) is 16.8. The van der Waals surface area contributed by atoms with E-state index >= 15 is 0 Å². The third-order valence-electron chi connectivity index (χ3n) is 2.62. The Morgan fingerprint density at radius 2 is 1.50 bits per heavy atom. The van der Waals surface area contributed by atoms with Crippen molar-refractivity contribution in [3.05, 3.63) is 35.9 Å². The maximum Gasteiger partial charge on any atom is 0.240 e. The quantitative estimate of drug-likeness (QED) is 0.551. The number of benzene rings is 1. The first-order chi connectivity index (χ1) is 9.40. The molecule has 0 saturated carbocycles. The van der Waals surface area contributed by atoms with E-state index < -0.39 is 23.8 Å². The highest BCUT2D eigenvalue weighted by Crippen LogP contribution is 2.04. The molecule has 1 unspecified atom stereocenters. The normalized spacial score (nSPS) is 11.7. The lowest BCUT2D eigenvalue weighted by Gasteiger charge is -2.23. The maximum absolute atomic E-state index is 12.1. The molecule has 20 heavy (non-hydrogen) atoms. The molecule has 1 rings (SSSR count). The van der Waals surface area contributed by atoms with Gasteiger partial charge in [0.15, 0.2) is 0 Å². The van der Waals surface area contributed by atoms with Gasteiger partial charge in [0.05, 0.1) is 19.1 Å². The smallest absolute Gasteiger partial charge is 0.240 e. The van der Waals surface area contributed by atoms with Crippen LogP contribution < -0.4 is 17.2 Å². The molecular weight excluding hydrogens is 260 g/mol. The summed E-state index contributed by atoms with van der Waals surface area (Å²) in [6.07, 6.45) is 0.299. The maximum atomic E-state index is 12.1. The lowest BCUT2D eigenvalue weighted by Crippen LogP contribution is -2.50. The highest BCUT2D eigenvalue weighted by atomic mass is 16.2. The van der Waals surface area contributed by atoms with Gasteiger partial charge in [0.25, 0.3) is 0 Å². The first kappa shape index (κ1) is 15.6. The molecule has 0 fully saturated rings. The van der Waals surface area contributed by atoms with Crippen molar-refractivity contribution in [2.24, 2.45) is 17.2 Å². The Morgan fingerprint density at radius 3 is 1.95 bits per heavy atom. The second kappa shape index (κ2) is 7.25. The molecule has 0 aliphatic heterocycles. The van der Waals surface area contributed by atoms with E-state index in [2.05, 4.69) is 0 Å². The predicted octanol–water partition coefficient (Wildman–Crippen LogP) is -1.64. The molecule has 7 nitrogen and oxygen atoms in total. The molecule has 0 spiro atoms. The fraction of sp³-hybridized carbons (Fsp3) is 0.308. The lowest BCUT2D eigenvalue weighted by molar-refractivity contribution is -0.139. The molecule has 0 heterocycles. The summed E-state index contributed by atoms with van der Waals surface area (Å²) in [7, 11) is 0. The molecule has 0 saturated heterocycles. The number of amides is 3. The zero-order chi connectivity index (χ0) is 15.1. The molecule has 0 aromatic heterocycles. The molecule has 0 bridgehead atoms. The highest BCUT2D eigenvalue weighted by Gasteiger charge is 2.23. The van der Waals surface area contributed by atoms with Crippen LogP contribution in [0.15, 0.2) is 30.3 Å². The van der Waals surface area contributed by atoms with Gasteiger partial charge in [-0.2, -0.15) is 0 Å². The number of primary amides is 2. The molecule has 0 aliphatic carbocycles. The third-order valence-corrected chi connectivity index (χ3v) is 2.62. The second-order valence-corrected chi connectivity index (χ2v) is 4.42. The standard InChI is InChI=1S/C13H18N4O3/c14-10(6-9-4-2-1-3-5-9)13(20)17(7-11(15)18)8-12(16)19/h1-5,10H,6-8,14H2,(H2,15,18)(H2,16,19). The van der Waals surface area contributed by atoms with Crippen molar-refractivity contribution in [1.82, 2.24) is 4.90 Å². The summed E-state index contributed by atoms with van der Waals surface area (Å²) in [6.45, 7) is -0.769. The first-order valence-electron chi connectivity index (χ1n) is 6.05. The van der Waals surface area contributed by atoms with Crippen molar-refractivity contribution in [2.75, 3.05) is 13.1 Å². The minimum absolute atomic E-state index is 0.299. The van der Waals surface area contributed by atoms with E-state index in [9.17, 15) is 14.4 Å². The lowest BCUT2D eigenvalue weighted by atomic mass is 10.1. The van der Waals surface area contributed by atoms with Crippen molar-refractivity contribution in [2.45, 2.75) is 12.5 Å². The number of hydrogen-bond donors (Lipinski definition) is 3. The molecule has 1 aromatic rings. The minimum atomic E-state index is -0.865. The Labute approximate surface area is 116 Å².